The van der Waals surface area contributed by atoms with E-state index in [0.29, 0.717) is 5.52 Å². The number of carbonyl (C=O) groups is 2. The molecule has 1 saturated carbocycles. The molecule has 2 aromatic rings. The molecule has 4 nitrogen and oxygen atoms in total. The minimum absolute atomic E-state index is 0.109. The first-order valence-electron chi connectivity index (χ1n) is 7.85. The SMILES string of the molecule is O=C(Cn1cc(C(=O)C(F)(F)F)c2ccccc21)NC1CCCC1. The molecule has 0 unspecified atom stereocenters. The maximum atomic E-state index is 12.8. The summed E-state index contributed by atoms with van der Waals surface area (Å²) in [6.07, 6.45) is 0.172. The number of alkyl halides is 3. The number of hydrogen-bond acceptors (Lipinski definition) is 2. The normalized spacial score (nSPS) is 15.8. The van der Waals surface area contributed by atoms with Gasteiger partial charge >= 0.3 is 6.18 Å². The zero-order valence-corrected chi connectivity index (χ0v) is 12.9. The van der Waals surface area contributed by atoms with Gasteiger partial charge < -0.3 is 9.88 Å². The zero-order chi connectivity index (χ0) is 17.3. The molecule has 24 heavy (non-hydrogen) atoms. The molecule has 0 radical (unpaired) electrons. The van der Waals surface area contributed by atoms with E-state index in [2.05, 4.69) is 5.32 Å². The number of aromatic nitrogens is 1. The molecule has 1 heterocycles. The Balaban J connectivity index is 1.88. The lowest BCUT2D eigenvalue weighted by Gasteiger charge is -2.12. The molecule has 3 rings (SSSR count). The van der Waals surface area contributed by atoms with Crippen LogP contribution in [0.3, 0.4) is 0 Å². The van der Waals surface area contributed by atoms with Crippen molar-refractivity contribution in [3.63, 3.8) is 0 Å². The summed E-state index contributed by atoms with van der Waals surface area (Å²) in [5, 5.41) is 3.10. The van der Waals surface area contributed by atoms with Gasteiger partial charge in [-0.1, -0.05) is 31.0 Å². The van der Waals surface area contributed by atoms with Crippen LogP contribution in [0.4, 0.5) is 13.2 Å². The second-order valence-electron chi connectivity index (χ2n) is 6.06. The predicted octanol–water partition coefficient (Wildman–Crippen LogP) is 3.45. The minimum atomic E-state index is -4.94. The summed E-state index contributed by atoms with van der Waals surface area (Å²) in [5.41, 5.74) is 0.0124. The van der Waals surface area contributed by atoms with Crippen LogP contribution in [0.5, 0.6) is 0 Å². The van der Waals surface area contributed by atoms with Crippen LogP contribution < -0.4 is 5.32 Å². The Kier molecular flexibility index (Phi) is 4.34. The average molecular weight is 338 g/mol. The number of halogens is 3. The molecular formula is C17H17F3N2O2. The Bertz CT molecular complexity index is 774. The van der Waals surface area contributed by atoms with Gasteiger partial charge in [0.05, 0.1) is 5.56 Å². The van der Waals surface area contributed by atoms with Gasteiger partial charge in [-0.2, -0.15) is 13.2 Å². The van der Waals surface area contributed by atoms with Crippen molar-refractivity contribution in [2.24, 2.45) is 0 Å². The fourth-order valence-corrected chi connectivity index (χ4v) is 3.21. The number of fused-ring (bicyclic) bond motifs is 1. The highest BCUT2D eigenvalue weighted by Crippen LogP contribution is 2.28. The van der Waals surface area contributed by atoms with Crippen LogP contribution in [-0.2, 0) is 11.3 Å². The van der Waals surface area contributed by atoms with E-state index in [-0.39, 0.29) is 23.9 Å². The van der Waals surface area contributed by atoms with E-state index in [9.17, 15) is 22.8 Å². The average Bonchev–Trinajstić information content (AvgIpc) is 3.14. The monoisotopic (exact) mass is 338 g/mol. The number of para-hydroxylation sites is 1. The van der Waals surface area contributed by atoms with Crippen LogP contribution >= 0.6 is 0 Å². The fraction of sp³-hybridized carbons (Fsp3) is 0.412. The summed E-state index contributed by atoms with van der Waals surface area (Å²) < 4.78 is 39.7. The number of nitrogens with one attached hydrogen (secondary N) is 1. The van der Waals surface area contributed by atoms with Crippen molar-refractivity contribution in [1.82, 2.24) is 9.88 Å². The smallest absolute Gasteiger partial charge is 0.352 e. The van der Waals surface area contributed by atoms with Gasteiger partial charge in [-0.05, 0) is 18.9 Å². The van der Waals surface area contributed by atoms with Crippen LogP contribution in [0, 0.1) is 0 Å². The van der Waals surface area contributed by atoms with Gasteiger partial charge in [0, 0.05) is 23.1 Å². The number of carbonyl (C=O) groups excluding carboxylic acids is 2. The van der Waals surface area contributed by atoms with Crippen LogP contribution in [0.25, 0.3) is 10.9 Å². The second kappa shape index (κ2) is 6.30. The van der Waals surface area contributed by atoms with Crippen LogP contribution in [0.2, 0.25) is 0 Å². The molecule has 1 aromatic heterocycles. The van der Waals surface area contributed by atoms with E-state index in [1.54, 1.807) is 18.2 Å². The number of hydrogen-bond donors (Lipinski definition) is 1. The van der Waals surface area contributed by atoms with E-state index in [0.717, 1.165) is 31.9 Å². The number of Topliss-reactive ketones (excluding diaryl/α,β-unsaturated/α-hetero) is 1. The molecule has 1 aliphatic rings. The molecular weight excluding hydrogens is 321 g/mol. The van der Waals surface area contributed by atoms with Crippen LogP contribution in [0.15, 0.2) is 30.5 Å². The fourth-order valence-electron chi connectivity index (χ4n) is 3.21. The third-order valence-electron chi connectivity index (χ3n) is 4.32. The molecule has 1 aromatic carbocycles. The number of benzene rings is 1. The molecule has 1 aliphatic carbocycles. The Hall–Kier alpha value is -2.31. The molecule has 0 bridgehead atoms. The Morgan fingerprint density at radius 3 is 2.50 bits per heavy atom. The van der Waals surface area contributed by atoms with Gasteiger partial charge in [0.15, 0.2) is 0 Å². The summed E-state index contributed by atoms with van der Waals surface area (Å²) in [4.78, 5) is 23.8. The largest absolute Gasteiger partial charge is 0.454 e. The maximum Gasteiger partial charge on any atom is 0.454 e. The first-order chi connectivity index (χ1) is 11.4. The summed E-state index contributed by atoms with van der Waals surface area (Å²) in [5.74, 6) is -2.15. The molecule has 128 valence electrons. The quantitative estimate of drug-likeness (QED) is 0.868. The number of nitrogens with zero attached hydrogens (tertiary/aromatic N) is 1. The summed E-state index contributed by atoms with van der Waals surface area (Å²) in [6, 6.07) is 6.43. The number of amides is 1. The van der Waals surface area contributed by atoms with Crippen LogP contribution in [-0.4, -0.2) is 28.5 Å². The van der Waals surface area contributed by atoms with Gasteiger partial charge in [0.2, 0.25) is 5.91 Å². The van der Waals surface area contributed by atoms with Crippen molar-refractivity contribution in [2.45, 2.75) is 44.4 Å². The first kappa shape index (κ1) is 16.5. The molecule has 7 heteroatoms. The molecule has 1 amide bonds. The van der Waals surface area contributed by atoms with E-state index < -0.39 is 17.5 Å². The second-order valence-corrected chi connectivity index (χ2v) is 6.06. The van der Waals surface area contributed by atoms with Crippen molar-refractivity contribution < 1.29 is 22.8 Å². The lowest BCUT2D eigenvalue weighted by atomic mass is 10.1. The molecule has 0 atom stereocenters. The standard InChI is InChI=1S/C17H17F3N2O2/c18-17(19,20)16(24)13-9-22(14-8-4-3-7-12(13)14)10-15(23)21-11-5-1-2-6-11/h3-4,7-9,11H,1-2,5-6,10H2,(H,21,23). The zero-order valence-electron chi connectivity index (χ0n) is 12.9. The van der Waals surface area contributed by atoms with Gasteiger partial charge in [0.1, 0.15) is 6.54 Å². The third-order valence-corrected chi connectivity index (χ3v) is 4.32. The highest BCUT2D eigenvalue weighted by atomic mass is 19.4. The van der Waals surface area contributed by atoms with E-state index >= 15 is 0 Å². The van der Waals surface area contributed by atoms with Gasteiger partial charge in [-0.25, -0.2) is 0 Å². The molecule has 1 fully saturated rings. The topological polar surface area (TPSA) is 51.1 Å². The van der Waals surface area contributed by atoms with Gasteiger partial charge in [-0.15, -0.1) is 0 Å². The van der Waals surface area contributed by atoms with Crippen LogP contribution in [0.1, 0.15) is 36.0 Å². The Morgan fingerprint density at radius 2 is 1.83 bits per heavy atom. The Morgan fingerprint density at radius 1 is 1.17 bits per heavy atom. The summed E-state index contributed by atoms with van der Waals surface area (Å²) in [6.45, 7) is -0.109. The van der Waals surface area contributed by atoms with E-state index in [4.69, 9.17) is 0 Å². The van der Waals surface area contributed by atoms with E-state index in [1.165, 1.54) is 10.6 Å². The third kappa shape index (κ3) is 3.29. The Labute approximate surface area is 136 Å². The number of rotatable bonds is 4. The molecule has 1 N–H and O–H groups in total. The number of ketones is 1. The summed E-state index contributed by atoms with van der Waals surface area (Å²) >= 11 is 0. The van der Waals surface area contributed by atoms with Crippen molar-refractivity contribution in [1.29, 1.82) is 0 Å². The highest BCUT2D eigenvalue weighted by molar-refractivity contribution is 6.10. The van der Waals surface area contributed by atoms with Crippen molar-refractivity contribution in [2.75, 3.05) is 0 Å². The lowest BCUT2D eigenvalue weighted by molar-refractivity contribution is -0.122. The highest BCUT2D eigenvalue weighted by Gasteiger charge is 2.40. The van der Waals surface area contributed by atoms with Gasteiger partial charge in [-0.3, -0.25) is 9.59 Å². The molecule has 0 saturated heterocycles. The summed E-state index contributed by atoms with van der Waals surface area (Å²) in [7, 11) is 0. The predicted molar refractivity (Wildman–Crippen MR) is 82.7 cm³/mol. The molecule has 0 spiro atoms. The van der Waals surface area contributed by atoms with Crippen molar-refractivity contribution >= 4 is 22.6 Å². The lowest BCUT2D eigenvalue weighted by Crippen LogP contribution is -2.35. The molecule has 0 aliphatic heterocycles. The van der Waals surface area contributed by atoms with E-state index in [1.807, 2.05) is 0 Å². The minimum Gasteiger partial charge on any atom is -0.352 e. The maximum absolute atomic E-state index is 12.8. The van der Waals surface area contributed by atoms with Crippen molar-refractivity contribution in [3.05, 3.63) is 36.0 Å². The van der Waals surface area contributed by atoms with Gasteiger partial charge in [0.25, 0.3) is 5.78 Å². The first-order valence-corrected chi connectivity index (χ1v) is 7.85. The van der Waals surface area contributed by atoms with Crippen molar-refractivity contribution in [3.8, 4) is 0 Å².